The Balaban J connectivity index is 1.31. The molecular weight excluding hydrogens is 741 g/mol. The highest BCUT2D eigenvalue weighted by Crippen LogP contribution is 2.58. The third-order valence-corrected chi connectivity index (χ3v) is 11.0. The summed E-state index contributed by atoms with van der Waals surface area (Å²) in [4.78, 5) is 47.9. The number of amides is 2. The first kappa shape index (κ1) is 36.2. The number of benzene rings is 2. The van der Waals surface area contributed by atoms with E-state index in [1.165, 1.54) is 0 Å². The quantitative estimate of drug-likeness (QED) is 0.125. The number of halogens is 1. The Morgan fingerprint density at radius 2 is 1.67 bits per heavy atom. The smallest absolute Gasteiger partial charge is 0.327 e. The maximum Gasteiger partial charge on any atom is 0.327 e. The van der Waals surface area contributed by atoms with E-state index in [4.69, 9.17) is 24.2 Å². The number of fused-ring (bicyclic) bond motifs is 4. The van der Waals surface area contributed by atoms with Gasteiger partial charge in [0, 0.05) is 41.5 Å². The zero-order valence-electron chi connectivity index (χ0n) is 28.3. The van der Waals surface area contributed by atoms with E-state index >= 15 is 0 Å². The van der Waals surface area contributed by atoms with Crippen LogP contribution in [0, 0.1) is 8.99 Å². The Kier molecular flexibility index (Phi) is 11.6. The first-order valence-electron chi connectivity index (χ1n) is 17.7. The van der Waals surface area contributed by atoms with E-state index in [0.29, 0.717) is 5.56 Å². The lowest BCUT2D eigenvalue weighted by atomic mass is 9.62. The molecule has 4 fully saturated rings. The van der Waals surface area contributed by atoms with Crippen LogP contribution in [0.3, 0.4) is 0 Å². The van der Waals surface area contributed by atoms with Crippen LogP contribution in [0.4, 0.5) is 0 Å². The van der Waals surface area contributed by atoms with Crippen molar-refractivity contribution in [3.63, 3.8) is 0 Å². The molecule has 3 saturated heterocycles. The zero-order chi connectivity index (χ0) is 34.6. The van der Waals surface area contributed by atoms with Gasteiger partial charge < -0.3 is 30.0 Å². The summed E-state index contributed by atoms with van der Waals surface area (Å²) in [5.74, 6) is -1.96. The molecule has 2 amide bonds. The molecule has 2 bridgehead atoms. The molecule has 1 saturated carbocycles. The third kappa shape index (κ3) is 7.41. The molecule has 2 aromatic rings. The summed E-state index contributed by atoms with van der Waals surface area (Å²) >= 11 is 2.25. The van der Waals surface area contributed by atoms with Crippen molar-refractivity contribution in [1.29, 1.82) is 0 Å². The number of esters is 1. The van der Waals surface area contributed by atoms with E-state index in [2.05, 4.69) is 47.1 Å². The number of ether oxygens (including phenoxy) is 3. The minimum absolute atomic E-state index is 0.140. The van der Waals surface area contributed by atoms with Gasteiger partial charge in [-0.15, -0.1) is 0 Å². The molecule has 12 heteroatoms. The predicted octanol–water partition coefficient (Wildman–Crippen LogP) is 4.77. The molecule has 3 aliphatic heterocycles. The van der Waals surface area contributed by atoms with Crippen LogP contribution < -0.4 is 10.6 Å². The number of rotatable bonds is 16. The van der Waals surface area contributed by atoms with E-state index in [0.717, 1.165) is 66.1 Å². The second kappa shape index (κ2) is 15.7. The van der Waals surface area contributed by atoms with Gasteiger partial charge in [-0.2, -0.15) is 5.06 Å². The Morgan fingerprint density at radius 1 is 0.959 bits per heavy atom. The predicted molar refractivity (Wildman–Crippen MR) is 189 cm³/mol. The zero-order valence-corrected chi connectivity index (χ0v) is 30.5. The lowest BCUT2D eigenvalue weighted by Gasteiger charge is -2.48. The molecule has 0 aromatic heterocycles. The number of nitrogens with zero attached hydrogens (tertiary/aromatic N) is 1. The van der Waals surface area contributed by atoms with Crippen LogP contribution in [0.2, 0.25) is 0 Å². The molecule has 3 N–H and O–H groups in total. The average molecular weight is 790 g/mol. The van der Waals surface area contributed by atoms with Crippen LogP contribution >= 0.6 is 22.6 Å². The average Bonchev–Trinajstić information content (AvgIpc) is 3.66. The van der Waals surface area contributed by atoms with Crippen molar-refractivity contribution in [3.05, 3.63) is 68.8 Å². The number of nitrogens with one attached hydrogen (secondary N) is 2. The normalized spacial score (nSPS) is 28.2. The van der Waals surface area contributed by atoms with E-state index in [-0.39, 0.29) is 44.5 Å². The second-order valence-electron chi connectivity index (χ2n) is 13.7. The highest BCUT2D eigenvalue weighted by atomic mass is 127. The summed E-state index contributed by atoms with van der Waals surface area (Å²) in [5.41, 5.74) is 0.799. The van der Waals surface area contributed by atoms with E-state index < -0.39 is 47.6 Å². The number of hydrogen-bond donors (Lipinski definition) is 3. The van der Waals surface area contributed by atoms with E-state index in [1.54, 1.807) is 23.3 Å². The lowest BCUT2D eigenvalue weighted by Crippen LogP contribution is -2.69. The van der Waals surface area contributed by atoms with Gasteiger partial charge in [-0.3, -0.25) is 19.2 Å². The fourth-order valence-corrected chi connectivity index (χ4v) is 8.27. The summed E-state index contributed by atoms with van der Waals surface area (Å²) in [6.45, 7) is 4.75. The van der Waals surface area contributed by atoms with Gasteiger partial charge in [0.15, 0.2) is 11.8 Å². The summed E-state index contributed by atoms with van der Waals surface area (Å²) in [6, 6.07) is 14.0. The molecule has 6 unspecified atom stereocenters. The minimum Gasteiger partial charge on any atom is -0.458 e. The fourth-order valence-electron chi connectivity index (χ4n) is 7.91. The monoisotopic (exact) mass is 789 g/mol. The molecule has 49 heavy (non-hydrogen) atoms. The molecule has 2 aromatic carbocycles. The van der Waals surface area contributed by atoms with Gasteiger partial charge in [0.05, 0.1) is 13.2 Å². The van der Waals surface area contributed by atoms with Crippen LogP contribution in [0.1, 0.15) is 93.1 Å². The Bertz CT molecular complexity index is 1480. The summed E-state index contributed by atoms with van der Waals surface area (Å²) in [5, 5.41) is 16.5. The van der Waals surface area contributed by atoms with Crippen LogP contribution in [-0.4, -0.2) is 77.3 Å². The van der Waals surface area contributed by atoms with Gasteiger partial charge in [0.1, 0.15) is 29.8 Å². The second-order valence-corrected chi connectivity index (χ2v) is 14.9. The molecule has 6 atom stereocenters. The Labute approximate surface area is 301 Å². The fraction of sp³-hybridized carbons (Fsp3) is 0.595. The summed E-state index contributed by atoms with van der Waals surface area (Å²) < 4.78 is 21.0. The standard InChI is InChI=1S/C37H48IN3O8/c1-3-5-7-16-36(17-8-6-4-2)47-29-28-21-37(35(45)40-22-25-10-9-11-26(20-25)33(43)39-18-19-42)31(34(44)46-28)41(49-32(37)30(29)48-36)23-24-12-14-27(38)15-13-24/h9-15,20,28-32,42H,3-8,16-19,21-23H2,1-2H3,(H,39,43)(H,40,45). The number of carbonyl (C=O) groups excluding carboxylic acids is 3. The van der Waals surface area contributed by atoms with Crippen molar-refractivity contribution in [2.75, 3.05) is 13.2 Å². The lowest BCUT2D eigenvalue weighted by molar-refractivity contribution is -0.224. The van der Waals surface area contributed by atoms with Crippen molar-refractivity contribution in [2.24, 2.45) is 5.41 Å². The highest BCUT2D eigenvalue weighted by molar-refractivity contribution is 14.1. The third-order valence-electron chi connectivity index (χ3n) is 10.3. The number of unbranched alkanes of at least 4 members (excludes halogenated alkanes) is 4. The van der Waals surface area contributed by atoms with Crippen molar-refractivity contribution in [3.8, 4) is 0 Å². The highest BCUT2D eigenvalue weighted by Gasteiger charge is 2.76. The first-order chi connectivity index (χ1) is 23.7. The van der Waals surface area contributed by atoms with Crippen LogP contribution in [0.5, 0.6) is 0 Å². The SMILES string of the molecule is CCCCCC1(CCCCC)OC2C3CC4(C(=O)NCc5cccc(C(=O)NCCO)c5)C(ON(Cc5ccc(I)cc5)C4C(=O)O3)C2O1. The number of aliphatic hydroxyl groups is 1. The largest absolute Gasteiger partial charge is 0.458 e. The van der Waals surface area contributed by atoms with Gasteiger partial charge in [-0.1, -0.05) is 63.8 Å². The molecule has 0 spiro atoms. The molecule has 1 aliphatic carbocycles. The number of hydrogen-bond acceptors (Lipinski definition) is 9. The van der Waals surface area contributed by atoms with Crippen molar-refractivity contribution < 1.29 is 38.5 Å². The maximum absolute atomic E-state index is 14.7. The van der Waals surface area contributed by atoms with Gasteiger partial charge in [0.25, 0.3) is 5.91 Å². The first-order valence-corrected chi connectivity index (χ1v) is 18.8. The number of carbonyl (C=O) groups is 3. The van der Waals surface area contributed by atoms with Crippen LogP contribution in [0.25, 0.3) is 0 Å². The van der Waals surface area contributed by atoms with Crippen LogP contribution in [-0.2, 0) is 41.7 Å². The molecule has 11 nitrogen and oxygen atoms in total. The Morgan fingerprint density at radius 3 is 2.37 bits per heavy atom. The molecule has 0 radical (unpaired) electrons. The molecule has 4 aliphatic rings. The van der Waals surface area contributed by atoms with Gasteiger partial charge >= 0.3 is 5.97 Å². The summed E-state index contributed by atoms with van der Waals surface area (Å²) in [6.07, 6.45) is 5.25. The van der Waals surface area contributed by atoms with Gasteiger partial charge in [0.2, 0.25) is 5.91 Å². The number of aliphatic hydroxyl groups excluding tert-OH is 1. The van der Waals surface area contributed by atoms with Crippen molar-refractivity contribution in [2.45, 2.75) is 121 Å². The van der Waals surface area contributed by atoms with Gasteiger partial charge in [-0.25, -0.2) is 0 Å². The summed E-state index contributed by atoms with van der Waals surface area (Å²) in [7, 11) is 0. The van der Waals surface area contributed by atoms with Crippen LogP contribution in [0.15, 0.2) is 48.5 Å². The molecule has 3 heterocycles. The molecular formula is C37H48IN3O8. The van der Waals surface area contributed by atoms with Gasteiger partial charge in [-0.05, 0) is 70.8 Å². The van der Waals surface area contributed by atoms with Crippen molar-refractivity contribution in [1.82, 2.24) is 15.7 Å². The topological polar surface area (TPSA) is 136 Å². The molecule has 6 rings (SSSR count). The van der Waals surface area contributed by atoms with Crippen molar-refractivity contribution >= 4 is 40.4 Å². The Hall–Kier alpha value is -2.62. The van der Waals surface area contributed by atoms with E-state index in [1.807, 2.05) is 30.3 Å². The molecule has 266 valence electrons. The maximum atomic E-state index is 14.7. The van der Waals surface area contributed by atoms with E-state index in [9.17, 15) is 14.4 Å². The number of hydroxylamine groups is 2. The minimum atomic E-state index is -1.28.